The van der Waals surface area contributed by atoms with Gasteiger partial charge in [0.15, 0.2) is 5.13 Å². The molecule has 0 atom stereocenters. The lowest BCUT2D eigenvalue weighted by atomic mass is 10.6. The molecule has 0 spiro atoms. The average Bonchev–Trinajstić information content (AvgIpc) is 2.51. The first kappa shape index (κ1) is 9.36. The van der Waals surface area contributed by atoms with E-state index in [0.29, 0.717) is 5.82 Å². The number of aryl methyl sites for hydroxylation is 1. The van der Waals surface area contributed by atoms with E-state index in [0.717, 1.165) is 10.0 Å². The van der Waals surface area contributed by atoms with Gasteiger partial charge >= 0.3 is 0 Å². The highest BCUT2D eigenvalue weighted by molar-refractivity contribution is 7.15. The van der Waals surface area contributed by atoms with Crippen molar-refractivity contribution in [3.63, 3.8) is 0 Å². The Bertz CT molecular complexity index is 442. The van der Waals surface area contributed by atoms with Gasteiger partial charge in [-0.2, -0.15) is 0 Å². The Morgan fingerprint density at radius 3 is 2.93 bits per heavy atom. The second kappa shape index (κ2) is 3.89. The van der Waals surface area contributed by atoms with Crippen LogP contribution in [0.2, 0.25) is 5.28 Å². The van der Waals surface area contributed by atoms with Crippen LogP contribution in [0.25, 0.3) is 0 Å². The number of nitrogens with zero attached hydrogens (tertiary/aromatic N) is 3. The summed E-state index contributed by atoms with van der Waals surface area (Å²) in [6, 6.07) is 1.74. The maximum atomic E-state index is 5.64. The zero-order valence-corrected chi connectivity index (χ0v) is 8.93. The molecule has 4 nitrogen and oxygen atoms in total. The molecule has 0 aliphatic carbocycles. The quantitative estimate of drug-likeness (QED) is 0.800. The van der Waals surface area contributed by atoms with Gasteiger partial charge in [-0.15, -0.1) is 11.3 Å². The zero-order valence-electron chi connectivity index (χ0n) is 7.36. The fourth-order valence-electron chi connectivity index (χ4n) is 0.927. The lowest BCUT2D eigenvalue weighted by Gasteiger charge is -1.99. The second-order valence-corrected chi connectivity index (χ2v) is 4.18. The molecular weight excluding hydrogens is 220 g/mol. The van der Waals surface area contributed by atoms with E-state index >= 15 is 0 Å². The summed E-state index contributed by atoms with van der Waals surface area (Å²) in [5.41, 5.74) is 0. The van der Waals surface area contributed by atoms with E-state index in [1.807, 2.05) is 6.92 Å². The SMILES string of the molecule is Cc1cnc(Nc2ccnc(Cl)n2)s1. The predicted molar refractivity (Wildman–Crippen MR) is 57.2 cm³/mol. The molecule has 0 bridgehead atoms. The van der Waals surface area contributed by atoms with Gasteiger partial charge in [-0.3, -0.25) is 0 Å². The summed E-state index contributed by atoms with van der Waals surface area (Å²) in [4.78, 5) is 13.1. The molecule has 2 rings (SSSR count). The molecule has 6 heteroatoms. The van der Waals surface area contributed by atoms with Gasteiger partial charge in [0.2, 0.25) is 5.28 Å². The normalized spacial score (nSPS) is 10.1. The fourth-order valence-corrected chi connectivity index (χ4v) is 1.75. The summed E-state index contributed by atoms with van der Waals surface area (Å²) < 4.78 is 0. The zero-order chi connectivity index (χ0) is 9.97. The molecule has 0 amide bonds. The highest BCUT2D eigenvalue weighted by Crippen LogP contribution is 2.20. The molecule has 2 aromatic heterocycles. The standard InChI is InChI=1S/C8H7ClN4S/c1-5-4-11-8(14-5)13-6-2-3-10-7(9)12-6/h2-4H,1H3,(H,10,11,12,13). The predicted octanol–water partition coefficient (Wildman–Crippen LogP) is 2.64. The number of rotatable bonds is 2. The van der Waals surface area contributed by atoms with Crippen molar-refractivity contribution < 1.29 is 0 Å². The van der Waals surface area contributed by atoms with E-state index in [1.54, 1.807) is 29.8 Å². The highest BCUT2D eigenvalue weighted by atomic mass is 35.5. The summed E-state index contributed by atoms with van der Waals surface area (Å²) >= 11 is 7.20. The van der Waals surface area contributed by atoms with Crippen molar-refractivity contribution in [3.8, 4) is 0 Å². The lowest BCUT2D eigenvalue weighted by Crippen LogP contribution is -1.93. The average molecular weight is 227 g/mol. The first-order valence-corrected chi connectivity index (χ1v) is 5.11. The molecule has 14 heavy (non-hydrogen) atoms. The molecule has 0 radical (unpaired) electrons. The molecule has 0 aromatic carbocycles. The summed E-state index contributed by atoms with van der Waals surface area (Å²) in [7, 11) is 0. The van der Waals surface area contributed by atoms with Crippen molar-refractivity contribution in [2.24, 2.45) is 0 Å². The van der Waals surface area contributed by atoms with Crippen molar-refractivity contribution in [3.05, 3.63) is 28.6 Å². The molecule has 0 fully saturated rings. The summed E-state index contributed by atoms with van der Waals surface area (Å²) in [6.45, 7) is 2.00. The Kier molecular flexibility index (Phi) is 2.60. The van der Waals surface area contributed by atoms with Crippen LogP contribution in [0, 0.1) is 6.92 Å². The van der Waals surface area contributed by atoms with Crippen LogP contribution in [-0.2, 0) is 0 Å². The first-order valence-electron chi connectivity index (χ1n) is 3.92. The van der Waals surface area contributed by atoms with E-state index in [-0.39, 0.29) is 5.28 Å². The van der Waals surface area contributed by atoms with Gasteiger partial charge in [0.1, 0.15) is 5.82 Å². The largest absolute Gasteiger partial charge is 0.316 e. The van der Waals surface area contributed by atoms with E-state index in [1.165, 1.54) is 0 Å². The molecule has 0 unspecified atom stereocenters. The molecular formula is C8H7ClN4S. The fraction of sp³-hybridized carbons (Fsp3) is 0.125. The Morgan fingerprint density at radius 1 is 1.43 bits per heavy atom. The van der Waals surface area contributed by atoms with Crippen LogP contribution in [0.15, 0.2) is 18.5 Å². The minimum absolute atomic E-state index is 0.225. The van der Waals surface area contributed by atoms with Gasteiger partial charge in [-0.05, 0) is 24.6 Å². The van der Waals surface area contributed by atoms with Crippen LogP contribution >= 0.6 is 22.9 Å². The van der Waals surface area contributed by atoms with Gasteiger partial charge in [0, 0.05) is 17.3 Å². The van der Waals surface area contributed by atoms with E-state index in [4.69, 9.17) is 11.6 Å². The molecule has 2 heterocycles. The summed E-state index contributed by atoms with van der Waals surface area (Å²) in [5, 5.41) is 4.07. The van der Waals surface area contributed by atoms with E-state index in [9.17, 15) is 0 Å². The maximum absolute atomic E-state index is 5.64. The Labute approximate surface area is 90.0 Å². The summed E-state index contributed by atoms with van der Waals surface area (Å²) in [6.07, 6.45) is 3.40. The molecule has 72 valence electrons. The molecule has 0 aliphatic heterocycles. The van der Waals surface area contributed by atoms with Crippen molar-refractivity contribution >= 4 is 33.9 Å². The lowest BCUT2D eigenvalue weighted by molar-refractivity contribution is 1.16. The van der Waals surface area contributed by atoms with Crippen molar-refractivity contribution in [2.45, 2.75) is 6.92 Å². The van der Waals surface area contributed by atoms with E-state index in [2.05, 4.69) is 20.3 Å². The number of hydrogen-bond donors (Lipinski definition) is 1. The number of anilines is 2. The topological polar surface area (TPSA) is 50.7 Å². The highest BCUT2D eigenvalue weighted by Gasteiger charge is 2.00. The number of halogens is 1. The summed E-state index contributed by atoms with van der Waals surface area (Å²) in [5.74, 6) is 0.652. The molecule has 0 aliphatic rings. The molecule has 0 saturated heterocycles. The third-order valence-electron chi connectivity index (χ3n) is 1.48. The number of nitrogens with one attached hydrogen (secondary N) is 1. The van der Waals surface area contributed by atoms with Gasteiger partial charge in [-0.25, -0.2) is 15.0 Å². The Morgan fingerprint density at radius 2 is 2.29 bits per heavy atom. The maximum Gasteiger partial charge on any atom is 0.224 e. The minimum Gasteiger partial charge on any atom is -0.316 e. The van der Waals surface area contributed by atoms with Gasteiger partial charge < -0.3 is 5.32 Å². The van der Waals surface area contributed by atoms with E-state index < -0.39 is 0 Å². The Hall–Kier alpha value is -1.20. The van der Waals surface area contributed by atoms with Crippen LogP contribution in [0.1, 0.15) is 4.88 Å². The third-order valence-corrected chi connectivity index (χ3v) is 2.49. The van der Waals surface area contributed by atoms with Crippen LogP contribution in [0.4, 0.5) is 10.9 Å². The first-order chi connectivity index (χ1) is 6.74. The van der Waals surface area contributed by atoms with Crippen LogP contribution in [0.5, 0.6) is 0 Å². The number of aromatic nitrogens is 3. The molecule has 2 aromatic rings. The van der Waals surface area contributed by atoms with Crippen LogP contribution < -0.4 is 5.32 Å². The van der Waals surface area contributed by atoms with Gasteiger partial charge in [0.05, 0.1) is 0 Å². The van der Waals surface area contributed by atoms with Crippen molar-refractivity contribution in [1.82, 2.24) is 15.0 Å². The van der Waals surface area contributed by atoms with Gasteiger partial charge in [0.25, 0.3) is 0 Å². The van der Waals surface area contributed by atoms with Crippen LogP contribution in [0.3, 0.4) is 0 Å². The number of hydrogen-bond acceptors (Lipinski definition) is 5. The van der Waals surface area contributed by atoms with Crippen molar-refractivity contribution in [1.29, 1.82) is 0 Å². The number of thiazole rings is 1. The third kappa shape index (κ3) is 2.18. The molecule has 1 N–H and O–H groups in total. The van der Waals surface area contributed by atoms with Gasteiger partial charge in [-0.1, -0.05) is 0 Å². The molecule has 0 saturated carbocycles. The second-order valence-electron chi connectivity index (χ2n) is 2.61. The Balaban J connectivity index is 2.18. The minimum atomic E-state index is 0.225. The monoisotopic (exact) mass is 226 g/mol. The van der Waals surface area contributed by atoms with Crippen molar-refractivity contribution in [2.75, 3.05) is 5.32 Å². The smallest absolute Gasteiger partial charge is 0.224 e. The van der Waals surface area contributed by atoms with Crippen LogP contribution in [-0.4, -0.2) is 15.0 Å².